The average molecular weight is 456 g/mol. The first-order valence-electron chi connectivity index (χ1n) is 10.8. The summed E-state index contributed by atoms with van der Waals surface area (Å²) in [7, 11) is 1.66. The Bertz CT molecular complexity index is 1110. The molecule has 5 rings (SSSR count). The maximum atomic E-state index is 13.5. The Morgan fingerprint density at radius 2 is 2.12 bits per heavy atom. The number of halogens is 1. The van der Waals surface area contributed by atoms with Gasteiger partial charge in [0.15, 0.2) is 11.5 Å². The van der Waals surface area contributed by atoms with Crippen molar-refractivity contribution >= 4 is 23.5 Å². The molecule has 3 heterocycles. The quantitative estimate of drug-likeness (QED) is 0.762. The molecule has 7 nitrogen and oxygen atoms in total. The van der Waals surface area contributed by atoms with Crippen LogP contribution in [0.4, 0.5) is 0 Å². The topological polar surface area (TPSA) is 86.4 Å². The molecule has 0 unspecified atom stereocenters. The number of amides is 1. The van der Waals surface area contributed by atoms with Crippen molar-refractivity contribution in [2.24, 2.45) is 10.7 Å². The molecule has 2 spiro atoms. The summed E-state index contributed by atoms with van der Waals surface area (Å²) in [5, 5.41) is 0.601. The maximum absolute atomic E-state index is 13.5. The lowest BCUT2D eigenvalue weighted by atomic mass is 9.74. The van der Waals surface area contributed by atoms with Crippen LogP contribution in [0.5, 0.6) is 11.5 Å². The van der Waals surface area contributed by atoms with Crippen LogP contribution in [0.1, 0.15) is 31.7 Å². The van der Waals surface area contributed by atoms with Crippen LogP contribution in [0, 0.1) is 0 Å². The summed E-state index contributed by atoms with van der Waals surface area (Å²) in [6, 6.07) is 11.3. The zero-order valence-electron chi connectivity index (χ0n) is 18.2. The SMILES string of the molecule is CCOc1ccc(Cl)cc1-c1ccc2c(c1)[C@]1(C[C@]3(CCCOC3)O2)N=C(N)N(C)C1=O. The third kappa shape index (κ3) is 3.22. The van der Waals surface area contributed by atoms with Crippen molar-refractivity contribution in [1.82, 2.24) is 4.90 Å². The summed E-state index contributed by atoms with van der Waals surface area (Å²) < 4.78 is 18.1. The molecule has 0 aromatic heterocycles. The molecule has 2 atom stereocenters. The average Bonchev–Trinajstić information content (AvgIpc) is 2.99. The first-order valence-corrected chi connectivity index (χ1v) is 11.2. The Morgan fingerprint density at radius 1 is 1.28 bits per heavy atom. The molecule has 32 heavy (non-hydrogen) atoms. The molecule has 2 N–H and O–H groups in total. The first kappa shape index (κ1) is 21.1. The number of carbonyl (C=O) groups excluding carboxylic acids is 1. The number of rotatable bonds is 3. The fourth-order valence-corrected chi connectivity index (χ4v) is 5.16. The molecule has 2 aromatic carbocycles. The number of carbonyl (C=O) groups is 1. The van der Waals surface area contributed by atoms with E-state index in [9.17, 15) is 4.79 Å². The minimum Gasteiger partial charge on any atom is -0.493 e. The van der Waals surface area contributed by atoms with Crippen LogP contribution in [-0.4, -0.2) is 49.2 Å². The monoisotopic (exact) mass is 455 g/mol. The van der Waals surface area contributed by atoms with Crippen molar-refractivity contribution in [3.63, 3.8) is 0 Å². The van der Waals surface area contributed by atoms with Crippen molar-refractivity contribution in [2.75, 3.05) is 26.9 Å². The van der Waals surface area contributed by atoms with E-state index >= 15 is 0 Å². The highest BCUT2D eigenvalue weighted by molar-refractivity contribution is 6.31. The molecule has 0 saturated carbocycles. The largest absolute Gasteiger partial charge is 0.493 e. The van der Waals surface area contributed by atoms with E-state index in [1.165, 1.54) is 4.90 Å². The van der Waals surface area contributed by atoms with Crippen LogP contribution >= 0.6 is 11.6 Å². The second-order valence-electron chi connectivity index (χ2n) is 8.60. The normalized spacial score (nSPS) is 26.8. The van der Waals surface area contributed by atoms with E-state index < -0.39 is 11.1 Å². The molecular formula is C24H26ClN3O4. The Labute approximate surface area is 192 Å². The highest BCUT2D eigenvalue weighted by atomic mass is 35.5. The Balaban J connectivity index is 1.68. The van der Waals surface area contributed by atoms with Gasteiger partial charge in [0, 0.05) is 36.2 Å². The number of ether oxygens (including phenoxy) is 3. The first-order chi connectivity index (χ1) is 15.4. The van der Waals surface area contributed by atoms with E-state index in [4.69, 9.17) is 36.5 Å². The number of nitrogens with zero attached hydrogens (tertiary/aromatic N) is 2. The van der Waals surface area contributed by atoms with E-state index in [0.29, 0.717) is 42.6 Å². The lowest BCUT2D eigenvalue weighted by molar-refractivity contribution is -0.139. The van der Waals surface area contributed by atoms with Crippen LogP contribution in [0.25, 0.3) is 11.1 Å². The molecule has 168 valence electrons. The lowest BCUT2D eigenvalue weighted by Crippen LogP contribution is -2.55. The van der Waals surface area contributed by atoms with Crippen molar-refractivity contribution < 1.29 is 19.0 Å². The highest BCUT2D eigenvalue weighted by Crippen LogP contribution is 2.52. The molecule has 3 aliphatic rings. The van der Waals surface area contributed by atoms with Gasteiger partial charge in [0.25, 0.3) is 5.91 Å². The highest BCUT2D eigenvalue weighted by Gasteiger charge is 2.58. The van der Waals surface area contributed by atoms with Gasteiger partial charge in [0.1, 0.15) is 17.1 Å². The van der Waals surface area contributed by atoms with Crippen LogP contribution in [-0.2, 0) is 15.1 Å². The number of guanidine groups is 1. The zero-order valence-corrected chi connectivity index (χ0v) is 18.9. The van der Waals surface area contributed by atoms with Gasteiger partial charge in [-0.3, -0.25) is 9.69 Å². The van der Waals surface area contributed by atoms with Crippen molar-refractivity contribution in [3.05, 3.63) is 47.0 Å². The lowest BCUT2D eigenvalue weighted by Gasteiger charge is -2.46. The third-order valence-corrected chi connectivity index (χ3v) is 6.71. The molecule has 2 aromatic rings. The zero-order chi connectivity index (χ0) is 22.5. The standard InChI is InChI=1S/C24H26ClN3O4/c1-3-31-19-8-6-16(25)12-17(19)15-5-7-20-18(11-15)24(21(29)28(2)22(26)27-24)13-23(32-20)9-4-10-30-14-23/h5-8,11-12H,3-4,9-10,13-14H2,1-2H3,(H2,26,27)/t23-,24-/m0/s1. The Kier molecular flexibility index (Phi) is 5.06. The minimum atomic E-state index is -1.15. The van der Waals surface area contributed by atoms with Gasteiger partial charge in [-0.15, -0.1) is 0 Å². The van der Waals surface area contributed by atoms with E-state index in [-0.39, 0.29) is 11.9 Å². The van der Waals surface area contributed by atoms with E-state index in [2.05, 4.69) is 0 Å². The minimum absolute atomic E-state index is 0.155. The summed E-state index contributed by atoms with van der Waals surface area (Å²) in [6.07, 6.45) is 2.05. The number of likely N-dealkylation sites (N-methyl/N-ethyl adjacent to an activating group) is 1. The Morgan fingerprint density at radius 3 is 2.81 bits per heavy atom. The van der Waals surface area contributed by atoms with Crippen molar-refractivity contribution in [1.29, 1.82) is 0 Å². The second kappa shape index (κ2) is 7.67. The van der Waals surface area contributed by atoms with Crippen LogP contribution in [0.3, 0.4) is 0 Å². The predicted molar refractivity (Wildman–Crippen MR) is 122 cm³/mol. The van der Waals surface area contributed by atoms with Gasteiger partial charge in [-0.2, -0.15) is 0 Å². The summed E-state index contributed by atoms with van der Waals surface area (Å²) in [5.41, 5.74) is 6.78. The van der Waals surface area contributed by atoms with Crippen LogP contribution in [0.15, 0.2) is 41.4 Å². The third-order valence-electron chi connectivity index (χ3n) is 6.48. The summed E-state index contributed by atoms with van der Waals surface area (Å²) in [4.78, 5) is 19.7. The van der Waals surface area contributed by atoms with Gasteiger partial charge in [0.2, 0.25) is 0 Å². The van der Waals surface area contributed by atoms with Gasteiger partial charge in [-0.1, -0.05) is 17.7 Å². The molecule has 0 aliphatic carbocycles. The number of nitrogens with two attached hydrogens (primary N) is 1. The van der Waals surface area contributed by atoms with E-state index in [1.54, 1.807) is 13.1 Å². The number of hydrogen-bond acceptors (Lipinski definition) is 6. The molecular weight excluding hydrogens is 430 g/mol. The molecule has 1 amide bonds. The van der Waals surface area contributed by atoms with E-state index in [1.807, 2.05) is 37.3 Å². The maximum Gasteiger partial charge on any atom is 0.261 e. The van der Waals surface area contributed by atoms with E-state index in [0.717, 1.165) is 29.7 Å². The van der Waals surface area contributed by atoms with Crippen molar-refractivity contribution in [2.45, 2.75) is 37.3 Å². The second-order valence-corrected chi connectivity index (χ2v) is 9.03. The number of aliphatic imine (C=N–C) groups is 1. The fraction of sp³-hybridized carbons (Fsp3) is 0.417. The van der Waals surface area contributed by atoms with Crippen LogP contribution in [0.2, 0.25) is 5.02 Å². The summed E-state index contributed by atoms with van der Waals surface area (Å²) in [6.45, 7) is 3.58. The number of hydrogen-bond donors (Lipinski definition) is 1. The molecule has 0 radical (unpaired) electrons. The molecule has 1 saturated heterocycles. The van der Waals surface area contributed by atoms with Crippen molar-refractivity contribution in [3.8, 4) is 22.6 Å². The van der Waals surface area contributed by atoms with Gasteiger partial charge >= 0.3 is 0 Å². The van der Waals surface area contributed by atoms with Gasteiger partial charge < -0.3 is 19.9 Å². The smallest absolute Gasteiger partial charge is 0.261 e. The van der Waals surface area contributed by atoms with Gasteiger partial charge in [-0.05, 0) is 55.7 Å². The van der Waals surface area contributed by atoms with Gasteiger partial charge in [0.05, 0.1) is 13.2 Å². The molecule has 8 heteroatoms. The summed E-state index contributed by atoms with van der Waals surface area (Å²) in [5.74, 6) is 1.40. The van der Waals surface area contributed by atoms with Crippen LogP contribution < -0.4 is 15.2 Å². The fourth-order valence-electron chi connectivity index (χ4n) is 4.99. The number of fused-ring (bicyclic) bond motifs is 2. The molecule has 3 aliphatic heterocycles. The predicted octanol–water partition coefficient (Wildman–Crippen LogP) is 3.72. The van der Waals surface area contributed by atoms with Gasteiger partial charge in [-0.25, -0.2) is 4.99 Å². The molecule has 1 fully saturated rings. The Hall–Kier alpha value is -2.77. The number of benzene rings is 2. The molecule has 0 bridgehead atoms. The summed E-state index contributed by atoms with van der Waals surface area (Å²) >= 11 is 6.30.